The van der Waals surface area contributed by atoms with Gasteiger partial charge in [0.25, 0.3) is 5.91 Å². The normalized spacial score (nSPS) is 11.0. The molecule has 0 atom stereocenters. The van der Waals surface area contributed by atoms with Crippen molar-refractivity contribution < 1.29 is 19.1 Å². The molecule has 0 saturated carbocycles. The number of thiazole rings is 1. The van der Waals surface area contributed by atoms with E-state index < -0.39 is 18.5 Å². The van der Waals surface area contributed by atoms with Crippen molar-refractivity contribution in [2.45, 2.75) is 6.92 Å². The standard InChI is InChI=1S/C25H20N4O4S/c1-2-32-17-9-11-19-21(13-17)34-25(28-19)29-22(30)14-33-24(31)16-8-10-18-20(12-16)27-23(26-18)15-6-4-3-5-7-15/h3-13H,2,14H2,1H3,(H,26,27)(H,28,29,30). The summed E-state index contributed by atoms with van der Waals surface area (Å²) in [4.78, 5) is 37.0. The Morgan fingerprint density at radius 2 is 1.82 bits per heavy atom. The molecule has 5 rings (SSSR count). The number of nitrogens with zero attached hydrogens (tertiary/aromatic N) is 2. The number of imidazole rings is 1. The zero-order chi connectivity index (χ0) is 23.5. The minimum atomic E-state index is -0.599. The van der Waals surface area contributed by atoms with Crippen molar-refractivity contribution in [3.05, 3.63) is 72.3 Å². The summed E-state index contributed by atoms with van der Waals surface area (Å²) in [5.41, 5.74) is 3.47. The van der Waals surface area contributed by atoms with Crippen LogP contribution in [0.25, 0.3) is 32.6 Å². The van der Waals surface area contributed by atoms with Crippen LogP contribution in [-0.4, -0.2) is 40.0 Å². The Labute approximate surface area is 198 Å². The van der Waals surface area contributed by atoms with E-state index in [2.05, 4.69) is 20.3 Å². The summed E-state index contributed by atoms with van der Waals surface area (Å²) in [6.45, 7) is 2.06. The zero-order valence-corrected chi connectivity index (χ0v) is 19.0. The molecule has 170 valence electrons. The van der Waals surface area contributed by atoms with Crippen LogP contribution >= 0.6 is 11.3 Å². The highest BCUT2D eigenvalue weighted by Gasteiger charge is 2.14. The summed E-state index contributed by atoms with van der Waals surface area (Å²) in [6.07, 6.45) is 0. The van der Waals surface area contributed by atoms with Crippen LogP contribution in [0.2, 0.25) is 0 Å². The number of carbonyl (C=O) groups is 2. The third-order valence-corrected chi connectivity index (χ3v) is 5.95. The smallest absolute Gasteiger partial charge is 0.338 e. The maximum atomic E-state index is 12.5. The van der Waals surface area contributed by atoms with Crippen LogP contribution in [0.3, 0.4) is 0 Å². The molecule has 5 aromatic rings. The van der Waals surface area contributed by atoms with Crippen LogP contribution in [0.5, 0.6) is 5.75 Å². The number of ether oxygens (including phenoxy) is 2. The first-order chi connectivity index (χ1) is 16.6. The molecule has 8 nitrogen and oxygen atoms in total. The van der Waals surface area contributed by atoms with Crippen molar-refractivity contribution in [2.75, 3.05) is 18.5 Å². The molecule has 0 spiro atoms. The lowest BCUT2D eigenvalue weighted by Gasteiger charge is -2.04. The molecular formula is C25H20N4O4S. The number of amides is 1. The van der Waals surface area contributed by atoms with E-state index in [1.54, 1.807) is 18.2 Å². The van der Waals surface area contributed by atoms with E-state index in [4.69, 9.17) is 9.47 Å². The number of nitrogens with one attached hydrogen (secondary N) is 2. The first-order valence-corrected chi connectivity index (χ1v) is 11.5. The quantitative estimate of drug-likeness (QED) is 0.322. The number of hydrogen-bond donors (Lipinski definition) is 2. The van der Waals surface area contributed by atoms with E-state index in [0.29, 0.717) is 28.6 Å². The highest BCUT2D eigenvalue weighted by molar-refractivity contribution is 7.22. The highest BCUT2D eigenvalue weighted by Crippen LogP contribution is 2.29. The predicted octanol–water partition coefficient (Wildman–Crippen LogP) is 5.03. The van der Waals surface area contributed by atoms with Crippen molar-refractivity contribution >= 4 is 49.6 Å². The molecule has 9 heteroatoms. The second kappa shape index (κ2) is 9.32. The van der Waals surface area contributed by atoms with Gasteiger partial charge in [-0.25, -0.2) is 14.8 Å². The third kappa shape index (κ3) is 4.60. The first-order valence-electron chi connectivity index (χ1n) is 10.6. The Hall–Kier alpha value is -4.24. The van der Waals surface area contributed by atoms with Gasteiger partial charge in [0.1, 0.15) is 11.6 Å². The molecule has 0 fully saturated rings. The van der Waals surface area contributed by atoms with Gasteiger partial charge in [0.15, 0.2) is 11.7 Å². The molecule has 1 amide bonds. The number of aromatic nitrogens is 3. The Morgan fingerprint density at radius 3 is 2.65 bits per heavy atom. The molecule has 0 aliphatic carbocycles. The number of benzene rings is 3. The predicted molar refractivity (Wildman–Crippen MR) is 131 cm³/mol. The third-order valence-electron chi connectivity index (χ3n) is 5.02. The van der Waals surface area contributed by atoms with Crippen molar-refractivity contribution in [1.82, 2.24) is 15.0 Å². The van der Waals surface area contributed by atoms with Gasteiger partial charge >= 0.3 is 5.97 Å². The number of carbonyl (C=O) groups excluding carboxylic acids is 2. The molecule has 2 N–H and O–H groups in total. The van der Waals surface area contributed by atoms with E-state index in [1.807, 2.05) is 55.5 Å². The number of rotatable bonds is 7. The molecule has 0 unspecified atom stereocenters. The lowest BCUT2D eigenvalue weighted by Crippen LogP contribution is -2.20. The summed E-state index contributed by atoms with van der Waals surface area (Å²) in [7, 11) is 0. The van der Waals surface area contributed by atoms with Gasteiger partial charge < -0.3 is 14.5 Å². The summed E-state index contributed by atoms with van der Waals surface area (Å²) in [5, 5.41) is 3.10. The van der Waals surface area contributed by atoms with Crippen LogP contribution in [0.4, 0.5) is 5.13 Å². The maximum Gasteiger partial charge on any atom is 0.338 e. The fraction of sp³-hybridized carbons (Fsp3) is 0.120. The van der Waals surface area contributed by atoms with E-state index >= 15 is 0 Å². The van der Waals surface area contributed by atoms with Crippen molar-refractivity contribution in [1.29, 1.82) is 0 Å². The fourth-order valence-electron chi connectivity index (χ4n) is 3.45. The average Bonchev–Trinajstić information content (AvgIpc) is 3.46. The Bertz CT molecular complexity index is 1490. The molecule has 0 bridgehead atoms. The van der Waals surface area contributed by atoms with E-state index in [9.17, 15) is 9.59 Å². The number of hydrogen-bond acceptors (Lipinski definition) is 7. The van der Waals surface area contributed by atoms with Gasteiger partial charge in [0.2, 0.25) is 0 Å². The van der Waals surface area contributed by atoms with Gasteiger partial charge in [-0.05, 0) is 43.3 Å². The monoisotopic (exact) mass is 472 g/mol. The molecule has 0 radical (unpaired) electrons. The minimum Gasteiger partial charge on any atom is -0.494 e. The molecule has 0 aliphatic heterocycles. The molecule has 2 heterocycles. The first kappa shape index (κ1) is 21.6. The number of H-pyrrole nitrogens is 1. The Kier molecular flexibility index (Phi) is 5.92. The van der Waals surface area contributed by atoms with E-state index in [0.717, 1.165) is 27.0 Å². The zero-order valence-electron chi connectivity index (χ0n) is 18.2. The van der Waals surface area contributed by atoms with Crippen molar-refractivity contribution in [2.24, 2.45) is 0 Å². The van der Waals surface area contributed by atoms with Crippen LogP contribution in [-0.2, 0) is 9.53 Å². The number of fused-ring (bicyclic) bond motifs is 2. The van der Waals surface area contributed by atoms with Crippen molar-refractivity contribution in [3.63, 3.8) is 0 Å². The molecule has 0 aliphatic rings. The van der Waals surface area contributed by atoms with Crippen LogP contribution < -0.4 is 10.1 Å². The van der Waals surface area contributed by atoms with Crippen LogP contribution in [0, 0.1) is 0 Å². The van der Waals surface area contributed by atoms with Gasteiger partial charge in [0, 0.05) is 5.56 Å². The van der Waals surface area contributed by atoms with Gasteiger partial charge in [-0.3, -0.25) is 10.1 Å². The second-order valence-electron chi connectivity index (χ2n) is 7.39. The van der Waals surface area contributed by atoms with Gasteiger partial charge in [-0.2, -0.15) is 0 Å². The maximum absolute atomic E-state index is 12.5. The van der Waals surface area contributed by atoms with E-state index in [-0.39, 0.29) is 0 Å². The summed E-state index contributed by atoms with van der Waals surface area (Å²) < 4.78 is 11.6. The van der Waals surface area contributed by atoms with E-state index in [1.165, 1.54) is 11.3 Å². The minimum absolute atomic E-state index is 0.326. The highest BCUT2D eigenvalue weighted by atomic mass is 32.1. The van der Waals surface area contributed by atoms with Crippen molar-refractivity contribution in [3.8, 4) is 17.1 Å². The summed E-state index contributed by atoms with van der Waals surface area (Å²) in [5.74, 6) is 0.394. The summed E-state index contributed by atoms with van der Waals surface area (Å²) in [6, 6.07) is 20.3. The number of aromatic amines is 1. The molecule has 2 aromatic heterocycles. The van der Waals surface area contributed by atoms with Crippen LogP contribution in [0.1, 0.15) is 17.3 Å². The number of anilines is 1. The molecular weight excluding hydrogens is 452 g/mol. The lowest BCUT2D eigenvalue weighted by molar-refractivity contribution is -0.119. The van der Waals surface area contributed by atoms with Gasteiger partial charge in [-0.15, -0.1) is 0 Å². The topological polar surface area (TPSA) is 106 Å². The largest absolute Gasteiger partial charge is 0.494 e. The second-order valence-corrected chi connectivity index (χ2v) is 8.42. The Morgan fingerprint density at radius 1 is 1.00 bits per heavy atom. The van der Waals surface area contributed by atoms with Gasteiger partial charge in [0.05, 0.1) is 33.4 Å². The lowest BCUT2D eigenvalue weighted by atomic mass is 10.2. The molecule has 3 aromatic carbocycles. The fourth-order valence-corrected chi connectivity index (χ4v) is 4.36. The summed E-state index contributed by atoms with van der Waals surface area (Å²) >= 11 is 1.32. The number of esters is 1. The molecule has 0 saturated heterocycles. The van der Waals surface area contributed by atoms with Gasteiger partial charge in [-0.1, -0.05) is 41.7 Å². The molecule has 34 heavy (non-hydrogen) atoms. The Balaban J connectivity index is 1.22. The average molecular weight is 473 g/mol. The SMILES string of the molecule is CCOc1ccc2nc(NC(=O)COC(=O)c3ccc4nc(-c5ccccc5)[nH]c4c3)sc2c1. The van der Waals surface area contributed by atoms with Crippen LogP contribution in [0.15, 0.2) is 66.7 Å².